The van der Waals surface area contributed by atoms with Crippen LogP contribution in [-0.2, 0) is 6.54 Å². The van der Waals surface area contributed by atoms with Crippen molar-refractivity contribution in [2.24, 2.45) is 0 Å². The van der Waals surface area contributed by atoms with Crippen LogP contribution in [0.5, 0.6) is 0 Å². The van der Waals surface area contributed by atoms with E-state index in [1.54, 1.807) is 0 Å². The van der Waals surface area contributed by atoms with Crippen molar-refractivity contribution in [3.8, 4) is 12.3 Å². The summed E-state index contributed by atoms with van der Waals surface area (Å²) in [6.07, 6.45) is 7.25. The molecule has 1 aromatic rings. The summed E-state index contributed by atoms with van der Waals surface area (Å²) in [6, 6.07) is 1.89. The lowest BCUT2D eigenvalue weighted by atomic mass is 10.2. The lowest BCUT2D eigenvalue weighted by Crippen LogP contribution is -2.49. The van der Waals surface area contributed by atoms with Crippen molar-refractivity contribution >= 4 is 21.8 Å². The fraction of sp³-hybridized carbons (Fsp3) is 0.500. The molecule has 0 saturated carbocycles. The van der Waals surface area contributed by atoms with Crippen LogP contribution in [0, 0.1) is 12.3 Å². The lowest BCUT2D eigenvalue weighted by Gasteiger charge is -2.33. The number of carbonyl (C=O) groups is 1. The number of aromatic nitrogens is 1. The SMILES string of the molecule is C#CCN1CCN(C(=O)c2cc(Br)cn2CC)CC1. The fourth-order valence-corrected chi connectivity index (χ4v) is 2.78. The molecule has 0 atom stereocenters. The zero-order valence-electron chi connectivity index (χ0n) is 11.1. The number of terminal acetylenes is 1. The molecule has 4 nitrogen and oxygen atoms in total. The molecule has 1 fully saturated rings. The zero-order valence-corrected chi connectivity index (χ0v) is 12.7. The quantitative estimate of drug-likeness (QED) is 0.791. The molecule has 102 valence electrons. The number of carbonyl (C=O) groups excluding carboxylic acids is 1. The molecule has 1 saturated heterocycles. The van der Waals surface area contributed by atoms with Gasteiger partial charge in [0.1, 0.15) is 5.69 Å². The van der Waals surface area contributed by atoms with Gasteiger partial charge in [0, 0.05) is 43.4 Å². The molecule has 2 heterocycles. The fourth-order valence-electron chi connectivity index (χ4n) is 2.32. The predicted molar refractivity (Wildman–Crippen MR) is 79.0 cm³/mol. The minimum Gasteiger partial charge on any atom is -0.343 e. The van der Waals surface area contributed by atoms with Gasteiger partial charge in [0.05, 0.1) is 6.54 Å². The van der Waals surface area contributed by atoms with Crippen LogP contribution in [0.25, 0.3) is 0 Å². The first-order valence-electron chi connectivity index (χ1n) is 6.46. The molecular formula is C14H18BrN3O. The largest absolute Gasteiger partial charge is 0.343 e. The Morgan fingerprint density at radius 3 is 2.68 bits per heavy atom. The number of aryl methyl sites for hydroxylation is 1. The topological polar surface area (TPSA) is 28.5 Å². The van der Waals surface area contributed by atoms with Crippen LogP contribution in [0.4, 0.5) is 0 Å². The molecule has 2 rings (SSSR count). The summed E-state index contributed by atoms with van der Waals surface area (Å²) in [5, 5.41) is 0. The Bertz CT molecular complexity index is 495. The van der Waals surface area contributed by atoms with Gasteiger partial charge in [-0.3, -0.25) is 9.69 Å². The van der Waals surface area contributed by atoms with E-state index in [-0.39, 0.29) is 5.91 Å². The van der Waals surface area contributed by atoms with Gasteiger partial charge in [0.2, 0.25) is 0 Å². The number of hydrogen-bond acceptors (Lipinski definition) is 2. The maximum Gasteiger partial charge on any atom is 0.270 e. The highest BCUT2D eigenvalue weighted by atomic mass is 79.9. The summed E-state index contributed by atoms with van der Waals surface area (Å²) in [5.74, 6) is 2.75. The first-order chi connectivity index (χ1) is 9.15. The zero-order chi connectivity index (χ0) is 13.8. The van der Waals surface area contributed by atoms with Crippen LogP contribution in [0.2, 0.25) is 0 Å². The van der Waals surface area contributed by atoms with Crippen molar-refractivity contribution in [3.05, 3.63) is 22.4 Å². The van der Waals surface area contributed by atoms with Crippen LogP contribution >= 0.6 is 15.9 Å². The second kappa shape index (κ2) is 6.27. The van der Waals surface area contributed by atoms with E-state index in [1.165, 1.54) is 0 Å². The highest BCUT2D eigenvalue weighted by Crippen LogP contribution is 2.17. The molecule has 0 aromatic carbocycles. The molecule has 0 spiro atoms. The summed E-state index contributed by atoms with van der Waals surface area (Å²) < 4.78 is 2.92. The van der Waals surface area contributed by atoms with Crippen molar-refractivity contribution in [2.45, 2.75) is 13.5 Å². The Labute approximate surface area is 122 Å². The van der Waals surface area contributed by atoms with Crippen molar-refractivity contribution < 1.29 is 4.79 Å². The number of piperazine rings is 1. The number of rotatable bonds is 3. The van der Waals surface area contributed by atoms with Crippen LogP contribution in [-0.4, -0.2) is 53.0 Å². The van der Waals surface area contributed by atoms with Gasteiger partial charge in [-0.1, -0.05) is 5.92 Å². The second-order valence-corrected chi connectivity index (χ2v) is 5.52. The summed E-state index contributed by atoms with van der Waals surface area (Å²) in [5.41, 5.74) is 0.750. The van der Waals surface area contributed by atoms with E-state index in [0.29, 0.717) is 6.54 Å². The van der Waals surface area contributed by atoms with Crippen molar-refractivity contribution in [3.63, 3.8) is 0 Å². The van der Waals surface area contributed by atoms with Crippen molar-refractivity contribution in [1.29, 1.82) is 0 Å². The minimum absolute atomic E-state index is 0.105. The molecule has 5 heteroatoms. The third-order valence-electron chi connectivity index (χ3n) is 3.40. The summed E-state index contributed by atoms with van der Waals surface area (Å²) in [4.78, 5) is 16.6. The Morgan fingerprint density at radius 2 is 2.11 bits per heavy atom. The van der Waals surface area contributed by atoms with Crippen molar-refractivity contribution in [1.82, 2.24) is 14.4 Å². The van der Waals surface area contributed by atoms with Gasteiger partial charge >= 0.3 is 0 Å². The third kappa shape index (κ3) is 3.20. The monoisotopic (exact) mass is 323 g/mol. The van der Waals surface area contributed by atoms with Gasteiger partial charge in [0.25, 0.3) is 5.91 Å². The molecule has 1 amide bonds. The number of amides is 1. The maximum atomic E-state index is 12.5. The average molecular weight is 324 g/mol. The summed E-state index contributed by atoms with van der Waals surface area (Å²) in [6.45, 7) is 6.69. The molecule has 0 radical (unpaired) electrons. The third-order valence-corrected chi connectivity index (χ3v) is 3.83. The van der Waals surface area contributed by atoms with Gasteiger partial charge in [-0.2, -0.15) is 0 Å². The Morgan fingerprint density at radius 1 is 1.42 bits per heavy atom. The Kier molecular flexibility index (Phi) is 4.67. The Hall–Kier alpha value is -1.25. The van der Waals surface area contributed by atoms with Gasteiger partial charge in [-0.05, 0) is 28.9 Å². The molecule has 1 aliphatic rings. The van der Waals surface area contributed by atoms with E-state index >= 15 is 0 Å². The number of halogens is 1. The van der Waals surface area contributed by atoms with E-state index in [4.69, 9.17) is 6.42 Å². The van der Waals surface area contributed by atoms with Gasteiger partial charge in [-0.25, -0.2) is 0 Å². The van der Waals surface area contributed by atoms with Crippen LogP contribution in [0.1, 0.15) is 17.4 Å². The molecular weight excluding hydrogens is 306 g/mol. The summed E-state index contributed by atoms with van der Waals surface area (Å²) >= 11 is 3.42. The first-order valence-corrected chi connectivity index (χ1v) is 7.25. The maximum absolute atomic E-state index is 12.5. The van der Waals surface area contributed by atoms with Crippen LogP contribution < -0.4 is 0 Å². The van der Waals surface area contributed by atoms with E-state index in [0.717, 1.165) is 42.9 Å². The number of hydrogen-bond donors (Lipinski definition) is 0. The van der Waals surface area contributed by atoms with E-state index in [9.17, 15) is 4.79 Å². The van der Waals surface area contributed by atoms with Gasteiger partial charge in [0.15, 0.2) is 0 Å². The molecule has 0 unspecified atom stereocenters. The van der Waals surface area contributed by atoms with Crippen LogP contribution in [0.3, 0.4) is 0 Å². The lowest BCUT2D eigenvalue weighted by molar-refractivity contribution is 0.0641. The number of nitrogens with zero attached hydrogens (tertiary/aromatic N) is 3. The smallest absolute Gasteiger partial charge is 0.270 e. The predicted octanol–water partition coefficient (Wildman–Crippen LogP) is 1.66. The normalized spacial score (nSPS) is 16.4. The van der Waals surface area contributed by atoms with E-state index in [1.807, 2.05) is 28.7 Å². The molecule has 0 aliphatic carbocycles. The molecule has 0 N–H and O–H groups in total. The van der Waals surface area contributed by atoms with Crippen molar-refractivity contribution in [2.75, 3.05) is 32.7 Å². The van der Waals surface area contributed by atoms with Gasteiger partial charge in [-0.15, -0.1) is 6.42 Å². The van der Waals surface area contributed by atoms with E-state index in [2.05, 4.69) is 26.8 Å². The minimum atomic E-state index is 0.105. The van der Waals surface area contributed by atoms with Gasteiger partial charge < -0.3 is 9.47 Å². The average Bonchev–Trinajstić information content (AvgIpc) is 2.80. The highest BCUT2D eigenvalue weighted by molar-refractivity contribution is 9.10. The van der Waals surface area contributed by atoms with Crippen LogP contribution in [0.15, 0.2) is 16.7 Å². The molecule has 19 heavy (non-hydrogen) atoms. The Balaban J connectivity index is 2.03. The molecule has 1 aliphatic heterocycles. The summed E-state index contributed by atoms with van der Waals surface area (Å²) in [7, 11) is 0. The molecule has 0 bridgehead atoms. The van der Waals surface area contributed by atoms with E-state index < -0.39 is 0 Å². The highest BCUT2D eigenvalue weighted by Gasteiger charge is 2.23. The second-order valence-electron chi connectivity index (χ2n) is 4.60. The first kappa shape index (κ1) is 14.2. The molecule has 1 aromatic heterocycles. The standard InChI is InChI=1S/C14H18BrN3O/c1-3-5-16-6-8-18(9-7-16)14(19)13-10-12(15)11-17(13)4-2/h1,10-11H,4-9H2,2H3.